The van der Waals surface area contributed by atoms with E-state index in [4.69, 9.17) is 19.9 Å². The maximum absolute atomic E-state index is 12.4. The van der Waals surface area contributed by atoms with Crippen LogP contribution >= 0.6 is 12.4 Å². The molecule has 24 heavy (non-hydrogen) atoms. The molecule has 1 saturated carbocycles. The highest BCUT2D eigenvalue weighted by molar-refractivity contribution is 5.85. The van der Waals surface area contributed by atoms with Crippen LogP contribution in [0.1, 0.15) is 31.2 Å². The van der Waals surface area contributed by atoms with Gasteiger partial charge in [0, 0.05) is 24.1 Å². The van der Waals surface area contributed by atoms with Gasteiger partial charge in [0.05, 0.1) is 33.4 Å². The molecule has 1 fully saturated rings. The molecule has 6 nitrogen and oxygen atoms in total. The Labute approximate surface area is 149 Å². The number of methoxy groups -OCH3 is 3. The van der Waals surface area contributed by atoms with Gasteiger partial charge in [-0.25, -0.2) is 0 Å². The van der Waals surface area contributed by atoms with Gasteiger partial charge in [-0.2, -0.15) is 0 Å². The van der Waals surface area contributed by atoms with Crippen molar-refractivity contribution in [3.05, 3.63) is 17.7 Å². The first kappa shape index (κ1) is 20.4. The van der Waals surface area contributed by atoms with E-state index in [2.05, 4.69) is 5.32 Å². The SMILES string of the molecule is COc1cc(OC)c(CNC(=O)C2CCCC(N)C2)c(OC)c1.Cl. The number of hydrogen-bond donors (Lipinski definition) is 2. The van der Waals surface area contributed by atoms with Crippen molar-refractivity contribution in [2.75, 3.05) is 21.3 Å². The summed E-state index contributed by atoms with van der Waals surface area (Å²) in [5, 5.41) is 2.98. The second kappa shape index (κ2) is 9.59. The maximum Gasteiger partial charge on any atom is 0.223 e. The summed E-state index contributed by atoms with van der Waals surface area (Å²) in [5.74, 6) is 1.93. The van der Waals surface area contributed by atoms with Crippen LogP contribution in [-0.2, 0) is 11.3 Å². The quantitative estimate of drug-likeness (QED) is 0.815. The maximum atomic E-state index is 12.4. The van der Waals surface area contributed by atoms with E-state index in [1.165, 1.54) is 0 Å². The average Bonchev–Trinajstić information content (AvgIpc) is 2.58. The van der Waals surface area contributed by atoms with Crippen LogP contribution in [0.3, 0.4) is 0 Å². The van der Waals surface area contributed by atoms with Gasteiger partial charge in [0.15, 0.2) is 0 Å². The van der Waals surface area contributed by atoms with Crippen molar-refractivity contribution in [1.29, 1.82) is 0 Å². The van der Waals surface area contributed by atoms with Gasteiger partial charge < -0.3 is 25.3 Å². The minimum atomic E-state index is -0.00557. The number of nitrogens with two attached hydrogens (primary N) is 1. The molecule has 1 aliphatic carbocycles. The Hall–Kier alpha value is -1.66. The molecule has 0 spiro atoms. The smallest absolute Gasteiger partial charge is 0.223 e. The van der Waals surface area contributed by atoms with Crippen LogP contribution in [0.5, 0.6) is 17.2 Å². The van der Waals surface area contributed by atoms with Crippen molar-refractivity contribution in [2.24, 2.45) is 11.7 Å². The molecule has 0 saturated heterocycles. The number of rotatable bonds is 6. The summed E-state index contributed by atoms with van der Waals surface area (Å²) in [7, 11) is 4.75. The summed E-state index contributed by atoms with van der Waals surface area (Å²) in [6.07, 6.45) is 3.66. The first-order chi connectivity index (χ1) is 11.1. The lowest BCUT2D eigenvalue weighted by Crippen LogP contribution is -2.37. The fourth-order valence-electron chi connectivity index (χ4n) is 3.04. The van der Waals surface area contributed by atoms with E-state index in [0.717, 1.165) is 31.2 Å². The Morgan fingerprint density at radius 2 is 1.79 bits per heavy atom. The fraction of sp³-hybridized carbons (Fsp3) is 0.588. The van der Waals surface area contributed by atoms with Gasteiger partial charge >= 0.3 is 0 Å². The minimum Gasteiger partial charge on any atom is -0.496 e. The first-order valence-electron chi connectivity index (χ1n) is 7.91. The lowest BCUT2D eigenvalue weighted by atomic mass is 9.85. The largest absolute Gasteiger partial charge is 0.496 e. The van der Waals surface area contributed by atoms with Crippen molar-refractivity contribution in [1.82, 2.24) is 5.32 Å². The highest BCUT2D eigenvalue weighted by atomic mass is 35.5. The van der Waals surface area contributed by atoms with E-state index in [0.29, 0.717) is 23.8 Å². The monoisotopic (exact) mass is 358 g/mol. The third kappa shape index (κ3) is 4.92. The van der Waals surface area contributed by atoms with E-state index in [1.54, 1.807) is 33.5 Å². The van der Waals surface area contributed by atoms with Gasteiger partial charge in [-0.05, 0) is 19.3 Å². The summed E-state index contributed by atoms with van der Waals surface area (Å²) >= 11 is 0. The van der Waals surface area contributed by atoms with Crippen molar-refractivity contribution in [3.8, 4) is 17.2 Å². The number of carbonyl (C=O) groups is 1. The number of ether oxygens (including phenoxy) is 3. The summed E-state index contributed by atoms with van der Waals surface area (Å²) in [5.41, 5.74) is 6.76. The summed E-state index contributed by atoms with van der Waals surface area (Å²) < 4.78 is 16.0. The highest BCUT2D eigenvalue weighted by Crippen LogP contribution is 2.34. The molecule has 7 heteroatoms. The second-order valence-electron chi connectivity index (χ2n) is 5.85. The van der Waals surface area contributed by atoms with Crippen LogP contribution in [-0.4, -0.2) is 33.3 Å². The number of halogens is 1. The molecule has 2 atom stereocenters. The molecular formula is C17H27ClN2O4. The highest BCUT2D eigenvalue weighted by Gasteiger charge is 2.25. The van der Waals surface area contributed by atoms with E-state index >= 15 is 0 Å². The molecule has 0 heterocycles. The molecule has 0 bridgehead atoms. The van der Waals surface area contributed by atoms with E-state index in [-0.39, 0.29) is 30.3 Å². The topological polar surface area (TPSA) is 82.8 Å². The summed E-state index contributed by atoms with van der Waals surface area (Å²) in [6.45, 7) is 0.348. The van der Waals surface area contributed by atoms with Crippen molar-refractivity contribution in [2.45, 2.75) is 38.3 Å². The Morgan fingerprint density at radius 3 is 2.29 bits per heavy atom. The van der Waals surface area contributed by atoms with Crippen molar-refractivity contribution in [3.63, 3.8) is 0 Å². The molecular weight excluding hydrogens is 332 g/mol. The molecule has 1 aromatic carbocycles. The molecule has 2 unspecified atom stereocenters. The lowest BCUT2D eigenvalue weighted by molar-refractivity contribution is -0.126. The van der Waals surface area contributed by atoms with Gasteiger partial charge in [0.2, 0.25) is 5.91 Å². The van der Waals surface area contributed by atoms with E-state index in [9.17, 15) is 4.79 Å². The van der Waals surface area contributed by atoms with Crippen LogP contribution in [0.15, 0.2) is 12.1 Å². The fourth-order valence-corrected chi connectivity index (χ4v) is 3.04. The predicted octanol–water partition coefficient (Wildman–Crippen LogP) is 2.27. The first-order valence-corrected chi connectivity index (χ1v) is 7.91. The number of amides is 1. The Kier molecular flexibility index (Phi) is 8.15. The Morgan fingerprint density at radius 1 is 1.17 bits per heavy atom. The van der Waals surface area contributed by atoms with E-state index < -0.39 is 0 Å². The molecule has 0 aromatic heterocycles. The number of benzene rings is 1. The molecule has 1 amide bonds. The average molecular weight is 359 g/mol. The van der Waals surface area contributed by atoms with Gasteiger partial charge in [-0.3, -0.25) is 4.79 Å². The van der Waals surface area contributed by atoms with Crippen molar-refractivity contribution < 1.29 is 19.0 Å². The van der Waals surface area contributed by atoms with Crippen LogP contribution in [0, 0.1) is 5.92 Å². The molecule has 2 rings (SSSR count). The van der Waals surface area contributed by atoms with Gasteiger partial charge in [-0.1, -0.05) is 6.42 Å². The van der Waals surface area contributed by atoms with Crippen molar-refractivity contribution >= 4 is 18.3 Å². The number of hydrogen-bond acceptors (Lipinski definition) is 5. The lowest BCUT2D eigenvalue weighted by Gasteiger charge is -2.26. The third-order valence-electron chi connectivity index (χ3n) is 4.34. The normalized spacial score (nSPS) is 19.8. The van der Waals surface area contributed by atoms with Crippen LogP contribution in [0.25, 0.3) is 0 Å². The minimum absolute atomic E-state index is 0. The zero-order chi connectivity index (χ0) is 16.8. The van der Waals surface area contributed by atoms with Crippen LogP contribution < -0.4 is 25.3 Å². The Bertz CT molecular complexity index is 528. The number of carbonyl (C=O) groups excluding carboxylic acids is 1. The number of nitrogens with one attached hydrogen (secondary N) is 1. The van der Waals surface area contributed by atoms with E-state index in [1.807, 2.05) is 0 Å². The van der Waals surface area contributed by atoms with Gasteiger partial charge in [0.1, 0.15) is 17.2 Å². The van der Waals surface area contributed by atoms with Crippen LogP contribution in [0.4, 0.5) is 0 Å². The molecule has 3 N–H and O–H groups in total. The summed E-state index contributed by atoms with van der Waals surface area (Å²) in [4.78, 5) is 12.4. The van der Waals surface area contributed by atoms with Gasteiger partial charge in [-0.15, -0.1) is 12.4 Å². The molecule has 1 aliphatic rings. The molecule has 0 radical (unpaired) electrons. The third-order valence-corrected chi connectivity index (χ3v) is 4.34. The molecule has 0 aliphatic heterocycles. The zero-order valence-electron chi connectivity index (χ0n) is 14.5. The second-order valence-corrected chi connectivity index (χ2v) is 5.85. The Balaban J connectivity index is 0.00000288. The zero-order valence-corrected chi connectivity index (χ0v) is 15.3. The summed E-state index contributed by atoms with van der Waals surface area (Å²) in [6, 6.07) is 3.69. The molecule has 1 aromatic rings. The van der Waals surface area contributed by atoms with Gasteiger partial charge in [0.25, 0.3) is 0 Å². The standard InChI is InChI=1S/C17H26N2O4.ClH/c1-21-13-8-15(22-2)14(16(9-13)23-3)10-19-17(20)11-5-4-6-12(18)7-11;/h8-9,11-12H,4-7,10,18H2,1-3H3,(H,19,20);1H. The predicted molar refractivity (Wildman–Crippen MR) is 95.1 cm³/mol. The molecule has 136 valence electrons. The van der Waals surface area contributed by atoms with Crippen LogP contribution in [0.2, 0.25) is 0 Å².